The monoisotopic (exact) mass is 258 g/mol. The Kier molecular flexibility index (Phi) is 3.39. The Morgan fingerprint density at radius 2 is 1.75 bits per heavy atom. The first-order valence-electron chi connectivity index (χ1n) is 6.97. The summed E-state index contributed by atoms with van der Waals surface area (Å²) < 4.78 is 0. The molecule has 0 radical (unpaired) electrons. The van der Waals surface area contributed by atoms with Crippen molar-refractivity contribution in [3.05, 3.63) is 90.0 Å². The Labute approximate surface area is 120 Å². The van der Waals surface area contributed by atoms with Gasteiger partial charge in [0.1, 0.15) is 0 Å². The summed E-state index contributed by atoms with van der Waals surface area (Å²) in [6.07, 6.45) is 9.41. The zero-order valence-corrected chi connectivity index (χ0v) is 11.8. The molecule has 1 aliphatic rings. The SMILES string of the molecule is C=C1/C=C\C=C/Cc2ccccc2-c2ccc(C)cc21. The molecule has 1 aliphatic carbocycles. The summed E-state index contributed by atoms with van der Waals surface area (Å²) in [6.45, 7) is 6.35. The second kappa shape index (κ2) is 5.34. The van der Waals surface area contributed by atoms with Crippen LogP contribution in [0.4, 0.5) is 0 Å². The lowest BCUT2D eigenvalue weighted by Gasteiger charge is -2.15. The maximum atomic E-state index is 4.22. The Morgan fingerprint density at radius 3 is 2.65 bits per heavy atom. The van der Waals surface area contributed by atoms with Crippen LogP contribution >= 0.6 is 0 Å². The van der Waals surface area contributed by atoms with E-state index in [1.165, 1.54) is 27.8 Å². The summed E-state index contributed by atoms with van der Waals surface area (Å²) in [5.41, 5.74) is 7.49. The van der Waals surface area contributed by atoms with Gasteiger partial charge in [0.15, 0.2) is 0 Å². The molecule has 98 valence electrons. The van der Waals surface area contributed by atoms with E-state index in [1.807, 2.05) is 0 Å². The zero-order valence-electron chi connectivity index (χ0n) is 11.8. The lowest BCUT2D eigenvalue weighted by Crippen LogP contribution is -1.94. The molecule has 0 saturated heterocycles. The van der Waals surface area contributed by atoms with Gasteiger partial charge in [-0.25, -0.2) is 0 Å². The lowest BCUT2D eigenvalue weighted by atomic mass is 9.89. The Hall–Kier alpha value is -2.34. The molecule has 0 fully saturated rings. The molecule has 0 heterocycles. The van der Waals surface area contributed by atoms with E-state index >= 15 is 0 Å². The average Bonchev–Trinajstić information content (AvgIpc) is 2.47. The predicted octanol–water partition coefficient (Wildman–Crippen LogP) is 5.34. The van der Waals surface area contributed by atoms with E-state index in [9.17, 15) is 0 Å². The molecule has 0 saturated carbocycles. The second-order valence-electron chi connectivity index (χ2n) is 5.22. The van der Waals surface area contributed by atoms with Gasteiger partial charge in [0, 0.05) is 0 Å². The fourth-order valence-electron chi connectivity index (χ4n) is 2.65. The Morgan fingerprint density at radius 1 is 0.900 bits per heavy atom. The van der Waals surface area contributed by atoms with Crippen LogP contribution in [0.25, 0.3) is 16.7 Å². The number of benzene rings is 2. The van der Waals surface area contributed by atoms with Gasteiger partial charge in [-0.1, -0.05) is 78.9 Å². The molecule has 0 nitrogen and oxygen atoms in total. The molecular formula is C20H18. The van der Waals surface area contributed by atoms with E-state index in [2.05, 4.69) is 80.3 Å². The van der Waals surface area contributed by atoms with Crippen molar-refractivity contribution in [3.63, 3.8) is 0 Å². The third kappa shape index (κ3) is 2.37. The van der Waals surface area contributed by atoms with E-state index in [-0.39, 0.29) is 0 Å². The number of hydrogen-bond acceptors (Lipinski definition) is 0. The third-order valence-electron chi connectivity index (χ3n) is 3.71. The van der Waals surface area contributed by atoms with Gasteiger partial charge in [-0.15, -0.1) is 0 Å². The highest BCUT2D eigenvalue weighted by atomic mass is 14.1. The lowest BCUT2D eigenvalue weighted by molar-refractivity contribution is 1.27. The molecule has 3 rings (SSSR count). The van der Waals surface area contributed by atoms with Crippen LogP contribution in [0.2, 0.25) is 0 Å². The summed E-state index contributed by atoms with van der Waals surface area (Å²) in [4.78, 5) is 0. The van der Waals surface area contributed by atoms with Gasteiger partial charge in [-0.2, -0.15) is 0 Å². The van der Waals surface area contributed by atoms with E-state index in [1.54, 1.807) is 0 Å². The summed E-state index contributed by atoms with van der Waals surface area (Å²) in [5.74, 6) is 0. The summed E-state index contributed by atoms with van der Waals surface area (Å²) in [7, 11) is 0. The predicted molar refractivity (Wildman–Crippen MR) is 87.6 cm³/mol. The molecular weight excluding hydrogens is 240 g/mol. The van der Waals surface area contributed by atoms with E-state index in [0.29, 0.717) is 0 Å². The topological polar surface area (TPSA) is 0 Å². The maximum Gasteiger partial charge on any atom is -0.00882 e. The van der Waals surface area contributed by atoms with Crippen LogP contribution in [0, 0.1) is 6.92 Å². The van der Waals surface area contributed by atoms with Crippen molar-refractivity contribution >= 4 is 5.57 Å². The first kappa shape index (κ1) is 12.7. The van der Waals surface area contributed by atoms with Gasteiger partial charge in [0.25, 0.3) is 0 Å². The summed E-state index contributed by atoms with van der Waals surface area (Å²) >= 11 is 0. The highest BCUT2D eigenvalue weighted by Gasteiger charge is 2.10. The molecule has 20 heavy (non-hydrogen) atoms. The van der Waals surface area contributed by atoms with Crippen LogP contribution in [0.3, 0.4) is 0 Å². The molecule has 0 bridgehead atoms. The minimum atomic E-state index is 0.959. The van der Waals surface area contributed by atoms with Crippen molar-refractivity contribution in [3.8, 4) is 11.1 Å². The van der Waals surface area contributed by atoms with E-state index in [0.717, 1.165) is 12.0 Å². The number of fused-ring (bicyclic) bond motifs is 3. The molecule has 0 unspecified atom stereocenters. The normalized spacial score (nSPS) is 16.9. The van der Waals surface area contributed by atoms with E-state index < -0.39 is 0 Å². The van der Waals surface area contributed by atoms with Gasteiger partial charge < -0.3 is 0 Å². The van der Waals surface area contributed by atoms with Gasteiger partial charge >= 0.3 is 0 Å². The van der Waals surface area contributed by atoms with Crippen molar-refractivity contribution in [1.82, 2.24) is 0 Å². The smallest absolute Gasteiger partial charge is 0.00882 e. The number of rotatable bonds is 0. The fourth-order valence-corrected chi connectivity index (χ4v) is 2.65. The van der Waals surface area contributed by atoms with Gasteiger partial charge in [0.2, 0.25) is 0 Å². The van der Waals surface area contributed by atoms with E-state index in [4.69, 9.17) is 0 Å². The quantitative estimate of drug-likeness (QED) is 0.598. The molecule has 2 aromatic carbocycles. The number of allylic oxidation sites excluding steroid dienone is 5. The van der Waals surface area contributed by atoms with Gasteiger partial charge in [-0.05, 0) is 41.2 Å². The van der Waals surface area contributed by atoms with Crippen molar-refractivity contribution in [1.29, 1.82) is 0 Å². The standard InChI is InChI=1S/C20H18/c1-15-12-13-19-18-11-7-6-10-17(18)9-5-3-4-8-16(2)20(19)14-15/h3-8,10-14H,2,9H2,1H3/b5-3-,8-4-. The maximum absolute atomic E-state index is 4.22. The summed E-state index contributed by atoms with van der Waals surface area (Å²) in [5, 5.41) is 0. The highest BCUT2D eigenvalue weighted by Crippen LogP contribution is 2.33. The Bertz CT molecular complexity index is 715. The van der Waals surface area contributed by atoms with Crippen LogP contribution in [0.15, 0.2) is 73.3 Å². The molecule has 0 amide bonds. The zero-order chi connectivity index (χ0) is 13.9. The van der Waals surface area contributed by atoms with Crippen molar-refractivity contribution in [2.24, 2.45) is 0 Å². The van der Waals surface area contributed by atoms with Crippen molar-refractivity contribution in [2.45, 2.75) is 13.3 Å². The van der Waals surface area contributed by atoms with Crippen LogP contribution in [-0.2, 0) is 6.42 Å². The average molecular weight is 258 g/mol. The Balaban J connectivity index is 2.30. The second-order valence-corrected chi connectivity index (χ2v) is 5.22. The van der Waals surface area contributed by atoms with Gasteiger partial charge in [-0.3, -0.25) is 0 Å². The highest BCUT2D eigenvalue weighted by molar-refractivity contribution is 5.86. The minimum Gasteiger partial charge on any atom is -0.0911 e. The number of aryl methyl sites for hydroxylation is 1. The minimum absolute atomic E-state index is 0.959. The van der Waals surface area contributed by atoms with Crippen LogP contribution in [0.1, 0.15) is 16.7 Å². The molecule has 0 spiro atoms. The fraction of sp³-hybridized carbons (Fsp3) is 0.100. The summed E-state index contributed by atoms with van der Waals surface area (Å²) in [6, 6.07) is 15.2. The largest absolute Gasteiger partial charge is 0.0911 e. The molecule has 0 heteroatoms. The first-order chi connectivity index (χ1) is 9.75. The molecule has 2 aromatic rings. The molecule has 0 aliphatic heterocycles. The van der Waals surface area contributed by atoms with Crippen LogP contribution in [-0.4, -0.2) is 0 Å². The van der Waals surface area contributed by atoms with Crippen molar-refractivity contribution < 1.29 is 0 Å². The molecule has 0 N–H and O–H groups in total. The molecule has 0 atom stereocenters. The first-order valence-corrected chi connectivity index (χ1v) is 6.97. The molecule has 0 aromatic heterocycles. The number of hydrogen-bond donors (Lipinski definition) is 0. The third-order valence-corrected chi connectivity index (χ3v) is 3.71. The van der Waals surface area contributed by atoms with Crippen molar-refractivity contribution in [2.75, 3.05) is 0 Å². The van der Waals surface area contributed by atoms with Crippen LogP contribution < -0.4 is 0 Å². The van der Waals surface area contributed by atoms with Crippen LogP contribution in [0.5, 0.6) is 0 Å². The van der Waals surface area contributed by atoms with Gasteiger partial charge in [0.05, 0.1) is 0 Å².